The number of piperidine rings is 1. The molecule has 0 bridgehead atoms. The van der Waals surface area contributed by atoms with E-state index in [0.29, 0.717) is 24.2 Å². The van der Waals surface area contributed by atoms with Crippen molar-refractivity contribution in [1.29, 1.82) is 0 Å². The van der Waals surface area contributed by atoms with Gasteiger partial charge in [0.1, 0.15) is 12.3 Å². The predicted octanol–water partition coefficient (Wildman–Crippen LogP) is 3.84. The minimum atomic E-state index is 0.151. The average molecular weight is 429 g/mol. The number of aromatic nitrogens is 2. The Kier molecular flexibility index (Phi) is 8.70. The predicted molar refractivity (Wildman–Crippen MR) is 123 cm³/mol. The van der Waals surface area contributed by atoms with Crippen molar-refractivity contribution < 1.29 is 9.26 Å². The number of aliphatic imine (C=N–C) groups is 1. The van der Waals surface area contributed by atoms with Crippen LogP contribution in [-0.2, 0) is 6.54 Å². The quantitative estimate of drug-likeness (QED) is 0.356. The molecule has 2 aromatic rings. The maximum absolute atomic E-state index is 5.72. The van der Waals surface area contributed by atoms with Crippen LogP contribution in [0.15, 0.2) is 33.8 Å². The van der Waals surface area contributed by atoms with Crippen molar-refractivity contribution in [3.05, 3.63) is 36.0 Å². The first kappa shape index (κ1) is 23.1. The van der Waals surface area contributed by atoms with Crippen LogP contribution in [0.5, 0.6) is 5.75 Å². The number of nitrogens with one attached hydrogen (secondary N) is 2. The molecule has 1 aromatic heterocycles. The van der Waals surface area contributed by atoms with Gasteiger partial charge in [-0.3, -0.25) is 0 Å². The molecule has 0 aliphatic carbocycles. The van der Waals surface area contributed by atoms with Crippen molar-refractivity contribution in [1.82, 2.24) is 20.4 Å². The molecular weight excluding hydrogens is 392 g/mol. The Labute approximate surface area is 185 Å². The minimum Gasteiger partial charge on any atom is -0.491 e. The first-order valence-electron chi connectivity index (χ1n) is 11.3. The largest absolute Gasteiger partial charge is 0.491 e. The van der Waals surface area contributed by atoms with Gasteiger partial charge in [-0.25, -0.2) is 4.99 Å². The topological polar surface area (TPSA) is 87.8 Å². The van der Waals surface area contributed by atoms with Crippen molar-refractivity contribution in [2.45, 2.75) is 59.6 Å². The first-order valence-corrected chi connectivity index (χ1v) is 11.3. The Morgan fingerprint density at radius 3 is 2.65 bits per heavy atom. The van der Waals surface area contributed by atoms with E-state index in [4.69, 9.17) is 9.26 Å². The summed E-state index contributed by atoms with van der Waals surface area (Å²) in [5.41, 5.74) is 0.939. The summed E-state index contributed by atoms with van der Waals surface area (Å²) in [4.78, 5) is 11.4. The van der Waals surface area contributed by atoms with Gasteiger partial charge in [-0.15, -0.1) is 0 Å². The Morgan fingerprint density at radius 2 is 2.00 bits per heavy atom. The van der Waals surface area contributed by atoms with Gasteiger partial charge in [0.2, 0.25) is 5.89 Å². The standard InChI is InChI=1S/C23H36N6O2/c1-17(2)30-21-8-6-20(7-9-21)27-23(25-16-22-26-19(4)28-31-22)24-12-5-13-29-14-10-18(3)11-15-29/h6-9,17-18H,5,10-16H2,1-4H3,(H2,24,25,27). The molecule has 0 unspecified atom stereocenters. The van der Waals surface area contributed by atoms with Gasteiger partial charge in [0.25, 0.3) is 0 Å². The molecule has 2 heterocycles. The van der Waals surface area contributed by atoms with Crippen LogP contribution in [-0.4, -0.2) is 53.3 Å². The second-order valence-electron chi connectivity index (χ2n) is 8.52. The Balaban J connectivity index is 1.54. The molecule has 1 aliphatic rings. The van der Waals surface area contributed by atoms with Crippen molar-refractivity contribution >= 4 is 11.6 Å². The number of benzene rings is 1. The molecule has 170 valence electrons. The van der Waals surface area contributed by atoms with Crippen LogP contribution >= 0.6 is 0 Å². The lowest BCUT2D eigenvalue weighted by Crippen LogP contribution is -2.36. The van der Waals surface area contributed by atoms with E-state index in [1.807, 2.05) is 38.1 Å². The summed E-state index contributed by atoms with van der Waals surface area (Å²) in [5, 5.41) is 10.6. The molecule has 8 nitrogen and oxygen atoms in total. The molecule has 0 spiro atoms. The molecular formula is C23H36N6O2. The summed E-state index contributed by atoms with van der Waals surface area (Å²) in [7, 11) is 0. The highest BCUT2D eigenvalue weighted by Crippen LogP contribution is 2.17. The molecule has 1 aliphatic heterocycles. The van der Waals surface area contributed by atoms with Gasteiger partial charge in [-0.05, 0) is 89.9 Å². The molecule has 8 heteroatoms. The lowest BCUT2D eigenvalue weighted by atomic mass is 9.99. The van der Waals surface area contributed by atoms with Crippen molar-refractivity contribution in [2.24, 2.45) is 10.9 Å². The van der Waals surface area contributed by atoms with Crippen molar-refractivity contribution in [3.63, 3.8) is 0 Å². The zero-order valence-corrected chi connectivity index (χ0v) is 19.2. The molecule has 3 rings (SSSR count). The molecule has 0 amide bonds. The third-order valence-corrected chi connectivity index (χ3v) is 5.25. The lowest BCUT2D eigenvalue weighted by molar-refractivity contribution is 0.191. The van der Waals surface area contributed by atoms with E-state index in [9.17, 15) is 0 Å². The van der Waals surface area contributed by atoms with E-state index in [0.717, 1.165) is 36.9 Å². The third kappa shape index (κ3) is 8.20. The number of likely N-dealkylation sites (tertiary alicyclic amines) is 1. The van der Waals surface area contributed by atoms with Gasteiger partial charge in [0.05, 0.1) is 6.10 Å². The maximum Gasteiger partial charge on any atom is 0.248 e. The lowest BCUT2D eigenvalue weighted by Gasteiger charge is -2.30. The zero-order chi connectivity index (χ0) is 22.1. The Morgan fingerprint density at radius 1 is 1.26 bits per heavy atom. The summed E-state index contributed by atoms with van der Waals surface area (Å²) in [6, 6.07) is 7.89. The Hall–Kier alpha value is -2.61. The maximum atomic E-state index is 5.72. The first-order chi connectivity index (χ1) is 15.0. The number of guanidine groups is 1. The average Bonchev–Trinajstić information content (AvgIpc) is 3.16. The normalized spacial score (nSPS) is 16.0. The van der Waals surface area contributed by atoms with E-state index >= 15 is 0 Å². The van der Waals surface area contributed by atoms with E-state index in [2.05, 4.69) is 37.6 Å². The van der Waals surface area contributed by atoms with Crippen LogP contribution in [0.2, 0.25) is 0 Å². The summed E-state index contributed by atoms with van der Waals surface area (Å²) in [5.74, 6) is 3.53. The number of nitrogens with zero attached hydrogens (tertiary/aromatic N) is 4. The van der Waals surface area contributed by atoms with Gasteiger partial charge < -0.3 is 24.8 Å². The third-order valence-electron chi connectivity index (χ3n) is 5.25. The summed E-state index contributed by atoms with van der Waals surface area (Å²) < 4.78 is 10.9. The van der Waals surface area contributed by atoms with E-state index in [1.54, 1.807) is 6.92 Å². The number of hydrogen-bond donors (Lipinski definition) is 2. The minimum absolute atomic E-state index is 0.151. The molecule has 1 saturated heterocycles. The number of rotatable bonds is 9. The number of hydrogen-bond acceptors (Lipinski definition) is 6. The van der Waals surface area contributed by atoms with E-state index in [1.165, 1.54) is 25.9 Å². The molecule has 1 aromatic carbocycles. The zero-order valence-electron chi connectivity index (χ0n) is 19.2. The van der Waals surface area contributed by atoms with E-state index < -0.39 is 0 Å². The van der Waals surface area contributed by atoms with Gasteiger partial charge in [0, 0.05) is 12.2 Å². The number of ether oxygens (including phenoxy) is 1. The van der Waals surface area contributed by atoms with Crippen LogP contribution in [0.4, 0.5) is 5.69 Å². The molecule has 0 radical (unpaired) electrons. The molecule has 0 atom stereocenters. The second-order valence-corrected chi connectivity index (χ2v) is 8.52. The smallest absolute Gasteiger partial charge is 0.248 e. The molecule has 31 heavy (non-hydrogen) atoms. The number of aryl methyl sites for hydroxylation is 1. The van der Waals surface area contributed by atoms with Crippen LogP contribution < -0.4 is 15.4 Å². The summed E-state index contributed by atoms with van der Waals surface area (Å²) >= 11 is 0. The number of anilines is 1. The SMILES string of the molecule is Cc1noc(CN=C(NCCCN2CCC(C)CC2)Nc2ccc(OC(C)C)cc2)n1. The van der Waals surface area contributed by atoms with Gasteiger partial charge in [0.15, 0.2) is 11.8 Å². The molecule has 1 fully saturated rings. The van der Waals surface area contributed by atoms with Crippen LogP contribution in [0, 0.1) is 12.8 Å². The fraction of sp³-hybridized carbons (Fsp3) is 0.609. The monoisotopic (exact) mass is 428 g/mol. The highest BCUT2D eigenvalue weighted by molar-refractivity contribution is 5.93. The van der Waals surface area contributed by atoms with Crippen LogP contribution in [0.1, 0.15) is 51.7 Å². The second kappa shape index (κ2) is 11.7. The summed E-state index contributed by atoms with van der Waals surface area (Å²) in [6.45, 7) is 12.9. The van der Waals surface area contributed by atoms with Crippen molar-refractivity contribution in [2.75, 3.05) is 31.5 Å². The highest BCUT2D eigenvalue weighted by Gasteiger charge is 2.14. The van der Waals surface area contributed by atoms with E-state index in [-0.39, 0.29) is 6.10 Å². The van der Waals surface area contributed by atoms with Crippen molar-refractivity contribution in [3.8, 4) is 5.75 Å². The van der Waals surface area contributed by atoms with Gasteiger partial charge in [-0.2, -0.15) is 4.98 Å². The fourth-order valence-electron chi connectivity index (χ4n) is 3.51. The molecule has 2 N–H and O–H groups in total. The molecule has 0 saturated carbocycles. The summed E-state index contributed by atoms with van der Waals surface area (Å²) in [6.07, 6.45) is 3.83. The highest BCUT2D eigenvalue weighted by atomic mass is 16.5. The van der Waals surface area contributed by atoms with Gasteiger partial charge in [-0.1, -0.05) is 12.1 Å². The van der Waals surface area contributed by atoms with Crippen LogP contribution in [0.3, 0.4) is 0 Å². The van der Waals surface area contributed by atoms with Crippen LogP contribution in [0.25, 0.3) is 0 Å². The van der Waals surface area contributed by atoms with Gasteiger partial charge >= 0.3 is 0 Å². The fourth-order valence-corrected chi connectivity index (χ4v) is 3.51. The Bertz CT molecular complexity index is 810.